The van der Waals surface area contributed by atoms with Crippen LogP contribution in [0.5, 0.6) is 0 Å². The predicted molar refractivity (Wildman–Crippen MR) is 92.2 cm³/mol. The summed E-state index contributed by atoms with van der Waals surface area (Å²) in [6.45, 7) is 0.463. The molecule has 1 saturated carbocycles. The Hall–Kier alpha value is -1.81. The molecule has 1 heterocycles. The summed E-state index contributed by atoms with van der Waals surface area (Å²) < 4.78 is 67.9. The quantitative estimate of drug-likeness (QED) is 0.816. The smallest absolute Gasteiger partial charge is 0.371 e. The third kappa shape index (κ3) is 3.64. The number of methoxy groups -OCH3 is 1. The van der Waals surface area contributed by atoms with E-state index in [4.69, 9.17) is 4.74 Å². The summed E-state index contributed by atoms with van der Waals surface area (Å²) >= 11 is 0. The molecule has 3 rings (SSSR count). The maximum Gasteiger partial charge on any atom is 0.516 e. The van der Waals surface area contributed by atoms with Crippen molar-refractivity contribution < 1.29 is 31.1 Å². The van der Waals surface area contributed by atoms with Gasteiger partial charge in [0, 0.05) is 25.6 Å². The number of rotatable bonds is 5. The number of carbonyl (C=O) groups is 1. The van der Waals surface area contributed by atoms with Gasteiger partial charge in [-0.1, -0.05) is 24.6 Å². The minimum absolute atomic E-state index is 0.00528. The SMILES string of the molecule is COC1C(=O)N(Cc2ccccc2NS(=O)(=O)C(F)(F)F)CCC12CCC2. The Labute approximate surface area is 155 Å². The van der Waals surface area contributed by atoms with Crippen molar-refractivity contribution in [2.75, 3.05) is 18.4 Å². The summed E-state index contributed by atoms with van der Waals surface area (Å²) in [5, 5.41) is 0. The molecule has 1 aliphatic heterocycles. The lowest BCUT2D eigenvalue weighted by Crippen LogP contribution is -2.58. The van der Waals surface area contributed by atoms with Crippen molar-refractivity contribution in [2.45, 2.75) is 43.8 Å². The number of likely N-dealkylation sites (tertiary alicyclic amines) is 1. The van der Waals surface area contributed by atoms with E-state index in [9.17, 15) is 26.4 Å². The number of anilines is 1. The minimum atomic E-state index is -5.53. The fraction of sp³-hybridized carbons (Fsp3) is 0.588. The van der Waals surface area contributed by atoms with E-state index in [0.717, 1.165) is 25.7 Å². The number of amides is 1. The molecule has 1 spiro atoms. The first-order valence-corrected chi connectivity index (χ1v) is 10.1. The number of piperidine rings is 1. The number of ether oxygens (including phenoxy) is 1. The molecule has 1 atom stereocenters. The third-order valence-corrected chi connectivity index (χ3v) is 6.58. The molecule has 1 saturated heterocycles. The van der Waals surface area contributed by atoms with Gasteiger partial charge in [-0.15, -0.1) is 0 Å². The second-order valence-corrected chi connectivity index (χ2v) is 8.72. The van der Waals surface area contributed by atoms with Gasteiger partial charge in [-0.2, -0.15) is 21.6 Å². The second kappa shape index (κ2) is 6.97. The van der Waals surface area contributed by atoms with Crippen molar-refractivity contribution in [3.8, 4) is 0 Å². The number of para-hydroxylation sites is 1. The van der Waals surface area contributed by atoms with Gasteiger partial charge in [0.2, 0.25) is 0 Å². The number of hydrogen-bond acceptors (Lipinski definition) is 4. The van der Waals surface area contributed by atoms with Crippen LogP contribution in [0.15, 0.2) is 24.3 Å². The average Bonchev–Trinajstić information content (AvgIpc) is 2.55. The van der Waals surface area contributed by atoms with Crippen molar-refractivity contribution in [3.05, 3.63) is 29.8 Å². The second-order valence-electron chi connectivity index (χ2n) is 7.05. The van der Waals surface area contributed by atoms with Crippen LogP contribution in [0.3, 0.4) is 0 Å². The summed E-state index contributed by atoms with van der Waals surface area (Å²) in [6, 6.07) is 5.75. The van der Waals surface area contributed by atoms with Crippen LogP contribution in [0, 0.1) is 5.41 Å². The van der Waals surface area contributed by atoms with Gasteiger partial charge in [0.05, 0.1) is 5.69 Å². The molecule has 1 aliphatic carbocycles. The summed E-state index contributed by atoms with van der Waals surface area (Å²) in [5.41, 5.74) is -5.46. The Morgan fingerprint density at radius 1 is 1.26 bits per heavy atom. The molecule has 1 amide bonds. The van der Waals surface area contributed by atoms with E-state index in [1.165, 1.54) is 30.2 Å². The average molecular weight is 406 g/mol. The zero-order valence-corrected chi connectivity index (χ0v) is 15.6. The van der Waals surface area contributed by atoms with E-state index in [1.807, 2.05) is 0 Å². The van der Waals surface area contributed by atoms with Gasteiger partial charge in [0.15, 0.2) is 0 Å². The Morgan fingerprint density at radius 3 is 2.48 bits per heavy atom. The third-order valence-electron chi connectivity index (χ3n) is 5.48. The molecule has 1 N–H and O–H groups in total. The van der Waals surface area contributed by atoms with Crippen molar-refractivity contribution in [2.24, 2.45) is 5.41 Å². The van der Waals surface area contributed by atoms with E-state index in [-0.39, 0.29) is 29.1 Å². The number of benzene rings is 1. The molecule has 2 aliphatic rings. The van der Waals surface area contributed by atoms with Crippen LogP contribution in [0.4, 0.5) is 18.9 Å². The fourth-order valence-electron chi connectivity index (χ4n) is 3.84. The highest BCUT2D eigenvalue weighted by Gasteiger charge is 2.52. The van der Waals surface area contributed by atoms with Gasteiger partial charge in [0.1, 0.15) is 6.10 Å². The van der Waals surface area contributed by atoms with Crippen LogP contribution in [0.25, 0.3) is 0 Å². The van der Waals surface area contributed by atoms with Gasteiger partial charge < -0.3 is 9.64 Å². The summed E-state index contributed by atoms with van der Waals surface area (Å²) in [5.74, 6) is -0.211. The standard InChI is InChI=1S/C17H21F3N2O4S/c1-26-14-15(23)22(10-9-16(14)7-4-8-16)11-12-5-2-3-6-13(12)21-27(24,25)17(18,19)20/h2-3,5-6,14,21H,4,7-11H2,1H3. The van der Waals surface area contributed by atoms with E-state index in [1.54, 1.807) is 10.8 Å². The number of carbonyl (C=O) groups excluding carboxylic acids is 1. The topological polar surface area (TPSA) is 75.7 Å². The van der Waals surface area contributed by atoms with Gasteiger partial charge in [-0.3, -0.25) is 9.52 Å². The van der Waals surface area contributed by atoms with Crippen molar-refractivity contribution >= 4 is 21.6 Å². The molecule has 1 aromatic rings. The monoisotopic (exact) mass is 406 g/mol. The van der Waals surface area contributed by atoms with Crippen LogP contribution in [0.1, 0.15) is 31.2 Å². The van der Waals surface area contributed by atoms with Gasteiger partial charge in [-0.25, -0.2) is 0 Å². The molecule has 10 heteroatoms. The van der Waals surface area contributed by atoms with Crippen LogP contribution in [-0.2, 0) is 26.1 Å². The first-order chi connectivity index (χ1) is 12.6. The van der Waals surface area contributed by atoms with Crippen molar-refractivity contribution in [3.63, 3.8) is 0 Å². The highest BCUT2D eigenvalue weighted by molar-refractivity contribution is 7.93. The van der Waals surface area contributed by atoms with E-state index < -0.39 is 21.6 Å². The molecule has 1 aromatic carbocycles. The summed E-state index contributed by atoms with van der Waals surface area (Å²) in [6.07, 6.45) is 3.09. The number of hydrogen-bond donors (Lipinski definition) is 1. The fourth-order valence-corrected chi connectivity index (χ4v) is 4.45. The molecule has 1 unspecified atom stereocenters. The lowest BCUT2D eigenvalue weighted by Gasteiger charge is -2.51. The Balaban J connectivity index is 1.80. The van der Waals surface area contributed by atoms with E-state index in [0.29, 0.717) is 6.54 Å². The van der Waals surface area contributed by atoms with Crippen LogP contribution in [-0.4, -0.2) is 44.5 Å². The number of alkyl halides is 3. The summed E-state index contributed by atoms with van der Waals surface area (Å²) in [4.78, 5) is 14.3. The number of nitrogens with zero attached hydrogens (tertiary/aromatic N) is 1. The first kappa shape index (κ1) is 19.9. The Morgan fingerprint density at radius 2 is 1.93 bits per heavy atom. The van der Waals surface area contributed by atoms with Crippen molar-refractivity contribution in [1.82, 2.24) is 4.90 Å². The number of nitrogens with one attached hydrogen (secondary N) is 1. The predicted octanol–water partition coefficient (Wildman–Crippen LogP) is 2.87. The minimum Gasteiger partial charge on any atom is -0.371 e. The van der Waals surface area contributed by atoms with Crippen LogP contribution in [0.2, 0.25) is 0 Å². The van der Waals surface area contributed by atoms with Crippen LogP contribution >= 0.6 is 0 Å². The van der Waals surface area contributed by atoms with E-state index >= 15 is 0 Å². The highest BCUT2D eigenvalue weighted by Crippen LogP contribution is 2.50. The van der Waals surface area contributed by atoms with E-state index in [2.05, 4.69) is 0 Å². The molecule has 27 heavy (non-hydrogen) atoms. The molecular formula is C17H21F3N2O4S. The maximum atomic E-state index is 12.8. The number of halogens is 3. The van der Waals surface area contributed by atoms with Crippen LogP contribution < -0.4 is 4.72 Å². The normalized spacial score (nSPS) is 22.6. The molecule has 6 nitrogen and oxygen atoms in total. The molecular weight excluding hydrogens is 385 g/mol. The van der Waals surface area contributed by atoms with Gasteiger partial charge in [-0.05, 0) is 30.9 Å². The highest BCUT2D eigenvalue weighted by atomic mass is 32.2. The Bertz CT molecular complexity index is 822. The molecule has 150 valence electrons. The van der Waals surface area contributed by atoms with Gasteiger partial charge >= 0.3 is 15.5 Å². The van der Waals surface area contributed by atoms with Gasteiger partial charge in [0.25, 0.3) is 5.91 Å². The zero-order chi connectivity index (χ0) is 19.9. The first-order valence-electron chi connectivity index (χ1n) is 8.58. The molecule has 2 fully saturated rings. The molecule has 0 bridgehead atoms. The molecule has 0 aromatic heterocycles. The lowest BCUT2D eigenvalue weighted by atomic mass is 9.61. The number of sulfonamides is 1. The lowest BCUT2D eigenvalue weighted by molar-refractivity contribution is -0.168. The van der Waals surface area contributed by atoms with Crippen molar-refractivity contribution in [1.29, 1.82) is 0 Å². The Kier molecular flexibility index (Phi) is 5.15. The molecule has 0 radical (unpaired) electrons. The maximum absolute atomic E-state index is 12.8. The zero-order valence-electron chi connectivity index (χ0n) is 14.8. The summed E-state index contributed by atoms with van der Waals surface area (Å²) in [7, 11) is -4.05. The largest absolute Gasteiger partial charge is 0.516 e.